The third kappa shape index (κ3) is 2.96. The van der Waals surface area contributed by atoms with Crippen LogP contribution in [0.15, 0.2) is 46.9 Å². The van der Waals surface area contributed by atoms with Crippen LogP contribution >= 0.6 is 27.5 Å². The Hall–Kier alpha value is -2.51. The zero-order valence-electron chi connectivity index (χ0n) is 12.8. The summed E-state index contributed by atoms with van der Waals surface area (Å²) in [5.74, 6) is -1.09. The lowest BCUT2D eigenvalue weighted by Crippen LogP contribution is -2.31. The SMILES string of the molecule is CC(=O)N1C(=O)C(=C(Cl)c2ccc(Br)cc2)c2cc([N+](=O)[O-])ccc21. The lowest BCUT2D eigenvalue weighted by molar-refractivity contribution is -0.384. The first-order valence-corrected chi connectivity index (χ1v) is 8.28. The average molecular weight is 422 g/mol. The predicted octanol–water partition coefficient (Wildman–Crippen LogP) is 4.36. The van der Waals surface area contributed by atoms with Crippen LogP contribution in [0.3, 0.4) is 0 Å². The Balaban J connectivity index is 2.27. The minimum absolute atomic E-state index is 0.0675. The second kappa shape index (κ2) is 6.42. The number of nitrogens with zero attached hydrogens (tertiary/aromatic N) is 2. The maximum atomic E-state index is 12.8. The van der Waals surface area contributed by atoms with Crippen LogP contribution in [0.25, 0.3) is 10.6 Å². The molecule has 0 atom stereocenters. The fourth-order valence-electron chi connectivity index (χ4n) is 2.63. The van der Waals surface area contributed by atoms with Crippen LogP contribution in [0.5, 0.6) is 0 Å². The van der Waals surface area contributed by atoms with Gasteiger partial charge in [-0.2, -0.15) is 0 Å². The molecule has 6 nitrogen and oxygen atoms in total. The minimum atomic E-state index is -0.601. The highest BCUT2D eigenvalue weighted by molar-refractivity contribution is 9.10. The first-order valence-electron chi connectivity index (χ1n) is 7.11. The molecule has 0 unspecified atom stereocenters. The molecule has 0 bridgehead atoms. The molecule has 25 heavy (non-hydrogen) atoms. The maximum Gasteiger partial charge on any atom is 0.270 e. The van der Waals surface area contributed by atoms with Crippen molar-refractivity contribution in [2.45, 2.75) is 6.92 Å². The van der Waals surface area contributed by atoms with Gasteiger partial charge in [0.05, 0.1) is 21.2 Å². The van der Waals surface area contributed by atoms with Crippen LogP contribution in [0, 0.1) is 10.1 Å². The van der Waals surface area contributed by atoms with Crippen LogP contribution in [-0.2, 0) is 9.59 Å². The van der Waals surface area contributed by atoms with E-state index >= 15 is 0 Å². The summed E-state index contributed by atoms with van der Waals surface area (Å²) < 4.78 is 0.838. The highest BCUT2D eigenvalue weighted by Gasteiger charge is 2.38. The molecule has 0 saturated carbocycles. The number of rotatable bonds is 2. The number of anilines is 1. The molecular formula is C17H10BrClN2O4. The molecule has 0 aliphatic carbocycles. The van der Waals surface area contributed by atoms with Crippen LogP contribution in [-0.4, -0.2) is 16.7 Å². The fraction of sp³-hybridized carbons (Fsp3) is 0.0588. The van der Waals surface area contributed by atoms with Gasteiger partial charge in [-0.15, -0.1) is 0 Å². The van der Waals surface area contributed by atoms with E-state index in [1.807, 2.05) is 0 Å². The molecule has 0 spiro atoms. The lowest BCUT2D eigenvalue weighted by atomic mass is 10.0. The van der Waals surface area contributed by atoms with E-state index in [0.29, 0.717) is 5.56 Å². The molecule has 0 aromatic heterocycles. The lowest BCUT2D eigenvalue weighted by Gasteiger charge is -2.11. The first-order chi connectivity index (χ1) is 11.8. The van der Waals surface area contributed by atoms with Gasteiger partial charge in [-0.3, -0.25) is 19.7 Å². The zero-order valence-corrected chi connectivity index (χ0v) is 15.2. The Morgan fingerprint density at radius 2 is 1.84 bits per heavy atom. The van der Waals surface area contributed by atoms with E-state index in [1.54, 1.807) is 24.3 Å². The number of fused-ring (bicyclic) bond motifs is 1. The number of non-ortho nitro benzene ring substituents is 1. The highest BCUT2D eigenvalue weighted by Crippen LogP contribution is 2.43. The third-order valence-corrected chi connectivity index (χ3v) is 4.69. The number of hydrogen-bond donors (Lipinski definition) is 0. The van der Waals surface area contributed by atoms with E-state index in [-0.39, 0.29) is 27.5 Å². The van der Waals surface area contributed by atoms with Gasteiger partial charge in [-0.25, -0.2) is 4.90 Å². The Labute approximate surface area is 156 Å². The van der Waals surface area contributed by atoms with Gasteiger partial charge in [-0.05, 0) is 23.8 Å². The molecule has 1 aliphatic heterocycles. The number of benzene rings is 2. The summed E-state index contributed by atoms with van der Waals surface area (Å²) >= 11 is 9.74. The van der Waals surface area contributed by atoms with Crippen molar-refractivity contribution in [3.63, 3.8) is 0 Å². The molecule has 2 aromatic rings. The van der Waals surface area contributed by atoms with Gasteiger partial charge in [0.2, 0.25) is 5.91 Å². The number of amides is 2. The number of nitro benzene ring substituents is 1. The molecule has 0 radical (unpaired) electrons. The fourth-order valence-corrected chi connectivity index (χ4v) is 3.21. The van der Waals surface area contributed by atoms with Crippen LogP contribution in [0.4, 0.5) is 11.4 Å². The molecule has 0 N–H and O–H groups in total. The summed E-state index contributed by atoms with van der Waals surface area (Å²) in [6, 6.07) is 10.8. The third-order valence-electron chi connectivity index (χ3n) is 3.75. The number of imide groups is 1. The Morgan fingerprint density at radius 1 is 1.20 bits per heavy atom. The number of halogens is 2. The topological polar surface area (TPSA) is 80.5 Å². The zero-order chi connectivity index (χ0) is 18.3. The minimum Gasteiger partial charge on any atom is -0.274 e. The molecule has 3 rings (SSSR count). The van der Waals surface area contributed by atoms with Crippen molar-refractivity contribution in [1.82, 2.24) is 0 Å². The van der Waals surface area contributed by atoms with Gasteiger partial charge < -0.3 is 0 Å². The van der Waals surface area contributed by atoms with E-state index in [0.717, 1.165) is 9.37 Å². The summed E-state index contributed by atoms with van der Waals surface area (Å²) in [5, 5.41) is 11.2. The number of carbonyl (C=O) groups excluding carboxylic acids is 2. The van der Waals surface area contributed by atoms with E-state index in [9.17, 15) is 19.7 Å². The standard InChI is InChI=1S/C17H10BrClN2O4/c1-9(22)20-14-7-6-12(21(24)25)8-13(14)15(17(20)23)16(19)10-2-4-11(18)5-3-10/h2-8H,1H3. The Bertz CT molecular complexity index is 954. The maximum absolute atomic E-state index is 12.8. The van der Waals surface area contributed by atoms with Crippen molar-refractivity contribution in [1.29, 1.82) is 0 Å². The second-order valence-electron chi connectivity index (χ2n) is 5.31. The van der Waals surface area contributed by atoms with E-state index in [4.69, 9.17) is 11.6 Å². The van der Waals surface area contributed by atoms with Crippen molar-refractivity contribution in [3.8, 4) is 0 Å². The number of nitro groups is 1. The van der Waals surface area contributed by atoms with Gasteiger partial charge >= 0.3 is 0 Å². The van der Waals surface area contributed by atoms with Gasteiger partial charge in [0.1, 0.15) is 0 Å². The van der Waals surface area contributed by atoms with Crippen molar-refractivity contribution in [2.24, 2.45) is 0 Å². The molecule has 2 aromatic carbocycles. The van der Waals surface area contributed by atoms with E-state index in [2.05, 4.69) is 15.9 Å². The molecule has 0 saturated heterocycles. The Kier molecular flexibility index (Phi) is 4.45. The van der Waals surface area contributed by atoms with E-state index in [1.165, 1.54) is 25.1 Å². The monoisotopic (exact) mass is 420 g/mol. The molecule has 0 fully saturated rings. The average Bonchev–Trinajstić information content (AvgIpc) is 2.85. The smallest absolute Gasteiger partial charge is 0.270 e. The van der Waals surface area contributed by atoms with Crippen LogP contribution in [0.2, 0.25) is 0 Å². The molecular weight excluding hydrogens is 412 g/mol. The summed E-state index contributed by atoms with van der Waals surface area (Å²) in [6.45, 7) is 1.25. The molecule has 126 valence electrons. The van der Waals surface area contributed by atoms with Gasteiger partial charge in [0, 0.05) is 29.1 Å². The molecule has 1 heterocycles. The van der Waals surface area contributed by atoms with Crippen molar-refractivity contribution < 1.29 is 14.5 Å². The molecule has 8 heteroatoms. The normalized spacial score (nSPS) is 15.2. The first kappa shape index (κ1) is 17.3. The highest BCUT2D eigenvalue weighted by atomic mass is 79.9. The van der Waals surface area contributed by atoms with Crippen molar-refractivity contribution >= 4 is 61.3 Å². The van der Waals surface area contributed by atoms with Crippen molar-refractivity contribution in [3.05, 3.63) is 68.2 Å². The summed E-state index contributed by atoms with van der Waals surface area (Å²) in [5.41, 5.74) is 0.999. The Morgan fingerprint density at radius 3 is 2.40 bits per heavy atom. The molecule has 1 aliphatic rings. The summed E-state index contributed by atoms with van der Waals surface area (Å²) in [7, 11) is 0. The van der Waals surface area contributed by atoms with Gasteiger partial charge in [-0.1, -0.05) is 39.7 Å². The second-order valence-corrected chi connectivity index (χ2v) is 6.61. The number of hydrogen-bond acceptors (Lipinski definition) is 4. The van der Waals surface area contributed by atoms with E-state index < -0.39 is 16.7 Å². The summed E-state index contributed by atoms with van der Waals surface area (Å²) in [6.07, 6.45) is 0. The van der Waals surface area contributed by atoms with Crippen molar-refractivity contribution in [2.75, 3.05) is 4.90 Å². The predicted molar refractivity (Wildman–Crippen MR) is 98.1 cm³/mol. The quantitative estimate of drug-likeness (QED) is 0.410. The van der Waals surface area contributed by atoms with Gasteiger partial charge in [0.25, 0.3) is 11.6 Å². The van der Waals surface area contributed by atoms with Crippen LogP contribution < -0.4 is 4.90 Å². The van der Waals surface area contributed by atoms with Gasteiger partial charge in [0.15, 0.2) is 0 Å². The summed E-state index contributed by atoms with van der Waals surface area (Å²) in [4.78, 5) is 36.1. The largest absolute Gasteiger partial charge is 0.274 e. The number of carbonyl (C=O) groups is 2. The van der Waals surface area contributed by atoms with Crippen LogP contribution in [0.1, 0.15) is 18.1 Å². The molecule has 2 amide bonds.